The van der Waals surface area contributed by atoms with Crippen LogP contribution < -0.4 is 0 Å². The summed E-state index contributed by atoms with van der Waals surface area (Å²) < 4.78 is 0. The molecule has 5 saturated carbocycles. The average molecular weight is 481 g/mol. The van der Waals surface area contributed by atoms with Crippen molar-refractivity contribution in [1.29, 1.82) is 0 Å². The van der Waals surface area contributed by atoms with Crippen LogP contribution in [0.4, 0.5) is 0 Å². The summed E-state index contributed by atoms with van der Waals surface area (Å²) in [5, 5.41) is 31.2. The van der Waals surface area contributed by atoms with Gasteiger partial charge in [0.2, 0.25) is 0 Å². The zero-order valence-electron chi connectivity index (χ0n) is 21.6. The minimum absolute atomic E-state index is 0.215. The number of hydrogen-bond donors (Lipinski definition) is 3. The van der Waals surface area contributed by atoms with Crippen LogP contribution in [-0.4, -0.2) is 39.4 Å². The number of aliphatic hydroxyl groups is 3. The number of carbonyl (C=O) groups is 1. The summed E-state index contributed by atoms with van der Waals surface area (Å²) in [6, 6.07) is 0. The molecule has 5 aliphatic carbocycles. The minimum Gasteiger partial charge on any atom is -0.393 e. The minimum atomic E-state index is -0.645. The molecule has 0 aromatic rings. The highest BCUT2D eigenvalue weighted by molar-refractivity contribution is 5.92. The molecule has 0 heterocycles. The number of Topliss-reactive ketones (excluding diaryl/α,β-unsaturated/α-hetero) is 1. The lowest BCUT2D eigenvalue weighted by Crippen LogP contribution is -2.36. The Morgan fingerprint density at radius 3 is 2.51 bits per heavy atom. The van der Waals surface area contributed by atoms with Gasteiger partial charge in [-0.3, -0.25) is 4.79 Å². The molecular formula is C31H44O4. The van der Waals surface area contributed by atoms with Gasteiger partial charge in [0, 0.05) is 12.3 Å². The van der Waals surface area contributed by atoms with Gasteiger partial charge in [-0.25, -0.2) is 0 Å². The zero-order chi connectivity index (χ0) is 25.0. The molecule has 192 valence electrons. The summed E-state index contributed by atoms with van der Waals surface area (Å²) in [5.41, 5.74) is 2.99. The summed E-state index contributed by atoms with van der Waals surface area (Å²) in [6.45, 7) is 8.81. The molecule has 3 N–H and O–H groups in total. The lowest BCUT2D eigenvalue weighted by molar-refractivity contribution is -0.128. The van der Waals surface area contributed by atoms with Gasteiger partial charge < -0.3 is 15.3 Å². The number of fused-ring (bicyclic) bond motifs is 1. The zero-order valence-corrected chi connectivity index (χ0v) is 21.6. The quantitative estimate of drug-likeness (QED) is 0.424. The van der Waals surface area contributed by atoms with E-state index in [0.717, 1.165) is 43.3 Å². The number of ketones is 1. The van der Waals surface area contributed by atoms with Crippen LogP contribution in [0.5, 0.6) is 0 Å². The van der Waals surface area contributed by atoms with Crippen molar-refractivity contribution in [3.63, 3.8) is 0 Å². The van der Waals surface area contributed by atoms with Crippen LogP contribution in [0.1, 0.15) is 84.5 Å². The maximum atomic E-state index is 12.7. The molecule has 0 radical (unpaired) electrons. The summed E-state index contributed by atoms with van der Waals surface area (Å²) in [7, 11) is 0. The van der Waals surface area contributed by atoms with Gasteiger partial charge in [-0.15, -0.1) is 0 Å². The normalized spacial score (nSPS) is 40.8. The Kier molecular flexibility index (Phi) is 6.78. The van der Waals surface area contributed by atoms with Crippen LogP contribution in [0, 0.1) is 34.5 Å². The predicted molar refractivity (Wildman–Crippen MR) is 138 cm³/mol. The average Bonchev–Trinajstić information content (AvgIpc) is 3.74. The van der Waals surface area contributed by atoms with Crippen LogP contribution in [0.15, 0.2) is 47.6 Å². The van der Waals surface area contributed by atoms with Crippen LogP contribution in [-0.2, 0) is 4.79 Å². The van der Waals surface area contributed by atoms with Crippen molar-refractivity contribution in [3.05, 3.63) is 47.6 Å². The molecule has 35 heavy (non-hydrogen) atoms. The van der Waals surface area contributed by atoms with Gasteiger partial charge in [0.25, 0.3) is 0 Å². The van der Waals surface area contributed by atoms with Crippen molar-refractivity contribution < 1.29 is 20.1 Å². The van der Waals surface area contributed by atoms with Crippen LogP contribution in [0.2, 0.25) is 0 Å². The van der Waals surface area contributed by atoms with Gasteiger partial charge in [-0.05, 0) is 98.5 Å². The summed E-state index contributed by atoms with van der Waals surface area (Å²) in [6.07, 6.45) is 17.3. The molecule has 0 unspecified atom stereocenters. The van der Waals surface area contributed by atoms with E-state index in [-0.39, 0.29) is 11.3 Å². The van der Waals surface area contributed by atoms with E-state index >= 15 is 0 Å². The molecular weight excluding hydrogens is 436 g/mol. The van der Waals surface area contributed by atoms with Crippen LogP contribution in [0.3, 0.4) is 0 Å². The largest absolute Gasteiger partial charge is 0.393 e. The second-order valence-corrected chi connectivity index (χ2v) is 12.6. The van der Waals surface area contributed by atoms with E-state index in [1.165, 1.54) is 31.3 Å². The molecule has 5 rings (SSSR count). The fraction of sp³-hybridized carbons (Fsp3) is 0.710. The van der Waals surface area contributed by atoms with Gasteiger partial charge >= 0.3 is 0 Å². The summed E-state index contributed by atoms with van der Waals surface area (Å²) in [4.78, 5) is 12.7. The van der Waals surface area contributed by atoms with Crippen molar-refractivity contribution in [1.82, 2.24) is 0 Å². The maximum absolute atomic E-state index is 12.7. The van der Waals surface area contributed by atoms with Crippen molar-refractivity contribution in [3.8, 4) is 0 Å². The van der Waals surface area contributed by atoms with Crippen LogP contribution in [0.25, 0.3) is 0 Å². The molecule has 0 aromatic heterocycles. The van der Waals surface area contributed by atoms with Crippen molar-refractivity contribution in [2.24, 2.45) is 34.5 Å². The van der Waals surface area contributed by atoms with Crippen molar-refractivity contribution in [2.75, 3.05) is 0 Å². The molecule has 5 fully saturated rings. The lowest BCUT2D eigenvalue weighted by Gasteiger charge is -2.44. The first kappa shape index (κ1) is 25.2. The summed E-state index contributed by atoms with van der Waals surface area (Å²) in [5.74, 6) is 2.01. The molecule has 0 aromatic carbocycles. The van der Waals surface area contributed by atoms with Crippen molar-refractivity contribution >= 4 is 5.78 Å². The smallest absolute Gasteiger partial charge is 0.145 e. The first-order valence-electron chi connectivity index (χ1n) is 14.0. The highest BCUT2D eigenvalue weighted by Gasteiger charge is 2.57. The fourth-order valence-corrected chi connectivity index (χ4v) is 7.78. The van der Waals surface area contributed by atoms with E-state index in [0.29, 0.717) is 36.4 Å². The Morgan fingerprint density at radius 2 is 1.83 bits per heavy atom. The lowest BCUT2D eigenvalue weighted by atomic mass is 9.61. The molecule has 0 amide bonds. The Morgan fingerprint density at radius 1 is 1.09 bits per heavy atom. The second kappa shape index (κ2) is 9.43. The number of carbonyl (C=O) groups excluding carboxylic acids is 1. The SMILES string of the molecule is C=C1C(=CC=C2CCC[C@]3(C)[C@@H]([C@H](C)C=C[C@@H](O)C4(C(=O)C5CC5)CC4)CC[C@@H]23)C[C@@H](O)C[C@@H]1O. The number of aliphatic hydroxyl groups excluding tert-OH is 3. The fourth-order valence-electron chi connectivity index (χ4n) is 7.78. The van der Waals surface area contributed by atoms with E-state index in [1.807, 2.05) is 6.08 Å². The molecule has 5 aliphatic rings. The molecule has 0 saturated heterocycles. The molecule has 4 nitrogen and oxygen atoms in total. The van der Waals surface area contributed by atoms with E-state index in [4.69, 9.17) is 0 Å². The van der Waals surface area contributed by atoms with Crippen molar-refractivity contribution in [2.45, 2.75) is 103 Å². The molecule has 7 atom stereocenters. The van der Waals surface area contributed by atoms with Gasteiger partial charge in [0.1, 0.15) is 5.78 Å². The highest BCUT2D eigenvalue weighted by Crippen LogP contribution is 2.60. The Labute approximate surface area is 210 Å². The number of rotatable bonds is 7. The second-order valence-electron chi connectivity index (χ2n) is 12.6. The van der Waals surface area contributed by atoms with E-state index < -0.39 is 23.7 Å². The molecule has 0 bridgehead atoms. The van der Waals surface area contributed by atoms with Crippen LogP contribution >= 0.6 is 0 Å². The third-order valence-corrected chi connectivity index (χ3v) is 10.3. The van der Waals surface area contributed by atoms with E-state index in [9.17, 15) is 20.1 Å². The number of hydrogen-bond acceptors (Lipinski definition) is 4. The third-order valence-electron chi connectivity index (χ3n) is 10.3. The third kappa shape index (κ3) is 4.67. The Balaban J connectivity index is 1.27. The molecule has 0 spiro atoms. The van der Waals surface area contributed by atoms with E-state index in [1.54, 1.807) is 0 Å². The first-order valence-corrected chi connectivity index (χ1v) is 14.0. The monoisotopic (exact) mass is 480 g/mol. The van der Waals surface area contributed by atoms with Gasteiger partial charge in [0.15, 0.2) is 0 Å². The maximum Gasteiger partial charge on any atom is 0.145 e. The topological polar surface area (TPSA) is 77.8 Å². The Hall–Kier alpha value is -1.49. The first-order chi connectivity index (χ1) is 16.7. The molecule has 0 aliphatic heterocycles. The predicted octanol–water partition coefficient (Wildman–Crippen LogP) is 5.44. The van der Waals surface area contributed by atoms with Gasteiger partial charge in [-0.2, -0.15) is 0 Å². The van der Waals surface area contributed by atoms with Gasteiger partial charge in [0.05, 0.1) is 23.7 Å². The van der Waals surface area contributed by atoms with E-state index in [2.05, 4.69) is 38.7 Å². The standard InChI is InChI=1S/C31H44O4/c1-19(6-13-28(34)31(15-16-31)29(35)22-8-9-22)25-11-12-26-21(5-4-14-30(25,26)3)7-10-23-17-24(32)18-27(33)20(23)2/h6-7,10,13,19,22,24-28,32-34H,2,4-5,8-9,11-12,14-18H2,1,3H3/t19-,24-,25-,26+,27+,28-,30-/m1/s1. The summed E-state index contributed by atoms with van der Waals surface area (Å²) >= 11 is 0. The number of allylic oxidation sites excluding steroid dienone is 4. The highest BCUT2D eigenvalue weighted by atomic mass is 16.3. The molecule has 4 heteroatoms. The Bertz CT molecular complexity index is 949. The van der Waals surface area contributed by atoms with Gasteiger partial charge in [-0.1, -0.05) is 50.3 Å².